The fraction of sp³-hybridized carbons (Fsp3) is 0.818. The molecule has 0 bridgehead atoms. The lowest BCUT2D eigenvalue weighted by Gasteiger charge is -2.23. The van der Waals surface area contributed by atoms with Gasteiger partial charge in [0.1, 0.15) is 6.61 Å². The molecule has 0 spiro atoms. The zero-order valence-corrected chi connectivity index (χ0v) is 9.82. The maximum Gasteiger partial charge on any atom is 0.416 e. The van der Waals surface area contributed by atoms with Gasteiger partial charge in [-0.1, -0.05) is 27.7 Å². The minimum absolute atomic E-state index is 0.0938. The van der Waals surface area contributed by atoms with Crippen LogP contribution in [0.4, 0.5) is 4.79 Å². The molecule has 1 rings (SSSR count). The summed E-state index contributed by atoms with van der Waals surface area (Å²) >= 11 is 0. The number of imide groups is 1. The van der Waals surface area contributed by atoms with Crippen LogP contribution in [-0.4, -0.2) is 29.5 Å². The van der Waals surface area contributed by atoms with Crippen LogP contribution >= 0.6 is 0 Å². The van der Waals surface area contributed by atoms with Crippen molar-refractivity contribution in [3.05, 3.63) is 0 Å². The van der Waals surface area contributed by atoms with Crippen molar-refractivity contribution in [2.45, 2.75) is 40.2 Å². The van der Waals surface area contributed by atoms with Gasteiger partial charge in [-0.15, -0.1) is 0 Å². The first kappa shape index (κ1) is 12.0. The largest absolute Gasteiger partial charge is 0.447 e. The van der Waals surface area contributed by atoms with Gasteiger partial charge < -0.3 is 4.74 Å². The summed E-state index contributed by atoms with van der Waals surface area (Å²) in [5, 5.41) is 0. The third kappa shape index (κ3) is 2.70. The van der Waals surface area contributed by atoms with E-state index in [0.29, 0.717) is 13.0 Å². The van der Waals surface area contributed by atoms with Crippen molar-refractivity contribution in [1.29, 1.82) is 0 Å². The van der Waals surface area contributed by atoms with Gasteiger partial charge in [0.25, 0.3) is 0 Å². The zero-order valence-electron chi connectivity index (χ0n) is 9.82. The van der Waals surface area contributed by atoms with E-state index >= 15 is 0 Å². The van der Waals surface area contributed by atoms with Gasteiger partial charge in [0, 0.05) is 6.42 Å². The van der Waals surface area contributed by atoms with Gasteiger partial charge in [-0.2, -0.15) is 0 Å². The molecule has 2 amide bonds. The molecule has 0 N–H and O–H groups in total. The first-order valence-electron chi connectivity index (χ1n) is 5.42. The van der Waals surface area contributed by atoms with E-state index in [1.165, 1.54) is 4.90 Å². The lowest BCUT2D eigenvalue weighted by atomic mass is 10.0. The Morgan fingerprint density at radius 1 is 1.47 bits per heavy atom. The molecule has 1 fully saturated rings. The predicted molar refractivity (Wildman–Crippen MR) is 56.3 cm³/mol. The van der Waals surface area contributed by atoms with Gasteiger partial charge in [0.2, 0.25) is 5.91 Å². The number of carbonyl (C=O) groups excluding carboxylic acids is 2. The summed E-state index contributed by atoms with van der Waals surface area (Å²) in [6.45, 7) is 8.23. The van der Waals surface area contributed by atoms with Gasteiger partial charge in [-0.3, -0.25) is 4.79 Å². The quantitative estimate of drug-likeness (QED) is 0.720. The fourth-order valence-corrected chi connectivity index (χ4v) is 1.66. The normalized spacial score (nSPS) is 21.3. The minimum atomic E-state index is -0.487. The van der Waals surface area contributed by atoms with E-state index in [0.717, 1.165) is 0 Å². The van der Waals surface area contributed by atoms with E-state index in [9.17, 15) is 9.59 Å². The third-order valence-electron chi connectivity index (χ3n) is 2.53. The molecule has 0 aromatic heterocycles. The molecule has 0 aliphatic carbocycles. The monoisotopic (exact) mass is 213 g/mol. The molecular formula is C11H19NO3. The molecule has 0 saturated carbocycles. The minimum Gasteiger partial charge on any atom is -0.447 e. The second kappa shape index (κ2) is 4.64. The Balaban J connectivity index is 2.71. The topological polar surface area (TPSA) is 46.6 Å². The maximum atomic E-state index is 11.8. The van der Waals surface area contributed by atoms with Crippen molar-refractivity contribution < 1.29 is 14.3 Å². The molecule has 1 aliphatic rings. The van der Waals surface area contributed by atoms with Crippen molar-refractivity contribution >= 4 is 12.0 Å². The highest BCUT2D eigenvalue weighted by Crippen LogP contribution is 2.21. The molecule has 1 aliphatic heterocycles. The lowest BCUT2D eigenvalue weighted by molar-refractivity contribution is -0.130. The van der Waals surface area contributed by atoms with E-state index in [1.807, 2.05) is 27.7 Å². The average Bonchev–Trinajstić information content (AvgIpc) is 2.45. The first-order chi connectivity index (χ1) is 6.93. The summed E-state index contributed by atoms with van der Waals surface area (Å²) in [7, 11) is 0. The summed E-state index contributed by atoms with van der Waals surface area (Å²) in [5.74, 6) is 0.387. The van der Waals surface area contributed by atoms with Crippen LogP contribution in [0.15, 0.2) is 0 Å². The highest BCUT2D eigenvalue weighted by atomic mass is 16.6. The predicted octanol–water partition coefficient (Wildman–Crippen LogP) is 2.04. The number of hydrogen-bond donors (Lipinski definition) is 0. The highest BCUT2D eigenvalue weighted by Gasteiger charge is 2.39. The SMILES string of the molecule is CC(C)CC(=O)N1C(=O)OC[C@H]1C(C)C. The third-order valence-corrected chi connectivity index (χ3v) is 2.53. The lowest BCUT2D eigenvalue weighted by Crippen LogP contribution is -2.42. The smallest absolute Gasteiger partial charge is 0.416 e. The number of cyclic esters (lactones) is 1. The molecule has 1 atom stereocenters. The second-order valence-corrected chi connectivity index (χ2v) is 4.75. The zero-order chi connectivity index (χ0) is 11.6. The Hall–Kier alpha value is -1.06. The van der Waals surface area contributed by atoms with Crippen LogP contribution in [-0.2, 0) is 9.53 Å². The molecule has 4 nitrogen and oxygen atoms in total. The summed E-state index contributed by atoms with van der Waals surface area (Å²) in [5.41, 5.74) is 0. The van der Waals surface area contributed by atoms with Crippen molar-refractivity contribution in [2.75, 3.05) is 6.61 Å². The van der Waals surface area contributed by atoms with Crippen LogP contribution in [0.1, 0.15) is 34.1 Å². The van der Waals surface area contributed by atoms with E-state index in [1.54, 1.807) is 0 Å². The molecule has 0 unspecified atom stereocenters. The van der Waals surface area contributed by atoms with Gasteiger partial charge >= 0.3 is 6.09 Å². The molecular weight excluding hydrogens is 194 g/mol. The van der Waals surface area contributed by atoms with E-state index in [4.69, 9.17) is 4.74 Å². The number of hydrogen-bond acceptors (Lipinski definition) is 3. The Bertz CT molecular complexity index is 261. The van der Waals surface area contributed by atoms with Gasteiger partial charge in [-0.25, -0.2) is 9.69 Å². The van der Waals surface area contributed by atoms with Crippen LogP contribution < -0.4 is 0 Å². The van der Waals surface area contributed by atoms with E-state index < -0.39 is 6.09 Å². The Labute approximate surface area is 90.6 Å². The number of nitrogens with zero attached hydrogens (tertiary/aromatic N) is 1. The van der Waals surface area contributed by atoms with Crippen LogP contribution in [0.25, 0.3) is 0 Å². The maximum absolute atomic E-state index is 11.8. The Kier molecular flexibility index (Phi) is 3.72. The van der Waals surface area contributed by atoms with Crippen molar-refractivity contribution in [3.8, 4) is 0 Å². The van der Waals surface area contributed by atoms with Gasteiger partial charge in [-0.05, 0) is 11.8 Å². The molecule has 15 heavy (non-hydrogen) atoms. The summed E-state index contributed by atoms with van der Waals surface area (Å²) in [4.78, 5) is 24.5. The Morgan fingerprint density at radius 2 is 2.07 bits per heavy atom. The standard InChI is InChI=1S/C11H19NO3/c1-7(2)5-10(13)12-9(8(3)4)6-15-11(12)14/h7-9H,5-6H2,1-4H3/t9-/m0/s1. The average molecular weight is 213 g/mol. The highest BCUT2D eigenvalue weighted by molar-refractivity contribution is 5.93. The van der Waals surface area contributed by atoms with Crippen molar-refractivity contribution in [1.82, 2.24) is 4.90 Å². The number of ether oxygens (including phenoxy) is 1. The molecule has 1 saturated heterocycles. The van der Waals surface area contributed by atoms with Crippen LogP contribution in [0.5, 0.6) is 0 Å². The molecule has 0 aromatic rings. The second-order valence-electron chi connectivity index (χ2n) is 4.75. The van der Waals surface area contributed by atoms with Crippen LogP contribution in [0, 0.1) is 11.8 Å². The number of rotatable bonds is 3. The molecule has 0 aromatic carbocycles. The Morgan fingerprint density at radius 3 is 2.53 bits per heavy atom. The summed E-state index contributed by atoms with van der Waals surface area (Å²) in [6, 6.07) is -0.0938. The number of carbonyl (C=O) groups is 2. The van der Waals surface area contributed by atoms with E-state index in [-0.39, 0.29) is 23.8 Å². The van der Waals surface area contributed by atoms with Crippen molar-refractivity contribution in [2.24, 2.45) is 11.8 Å². The first-order valence-corrected chi connectivity index (χ1v) is 5.42. The van der Waals surface area contributed by atoms with Gasteiger partial charge in [0.05, 0.1) is 6.04 Å². The molecule has 86 valence electrons. The van der Waals surface area contributed by atoms with Crippen molar-refractivity contribution in [3.63, 3.8) is 0 Å². The van der Waals surface area contributed by atoms with E-state index in [2.05, 4.69) is 0 Å². The van der Waals surface area contributed by atoms with Crippen LogP contribution in [0.2, 0.25) is 0 Å². The van der Waals surface area contributed by atoms with Crippen LogP contribution in [0.3, 0.4) is 0 Å². The number of amides is 2. The summed E-state index contributed by atoms with van der Waals surface area (Å²) < 4.78 is 4.91. The molecule has 0 radical (unpaired) electrons. The summed E-state index contributed by atoms with van der Waals surface area (Å²) in [6.07, 6.45) is -0.0856. The molecule has 4 heteroatoms. The fourth-order valence-electron chi connectivity index (χ4n) is 1.66. The molecule has 1 heterocycles. The van der Waals surface area contributed by atoms with Gasteiger partial charge in [0.15, 0.2) is 0 Å².